The van der Waals surface area contributed by atoms with E-state index in [4.69, 9.17) is 0 Å². The highest BCUT2D eigenvalue weighted by molar-refractivity contribution is 6.10. The van der Waals surface area contributed by atoms with E-state index in [0.29, 0.717) is 5.56 Å². The Kier molecular flexibility index (Phi) is 3.18. The van der Waals surface area contributed by atoms with Crippen LogP contribution in [0.2, 0.25) is 0 Å². The summed E-state index contributed by atoms with van der Waals surface area (Å²) < 4.78 is 0. The summed E-state index contributed by atoms with van der Waals surface area (Å²) in [4.78, 5) is 16.4. The lowest BCUT2D eigenvalue weighted by molar-refractivity contribution is 0.0444. The van der Waals surface area contributed by atoms with Crippen molar-refractivity contribution in [2.24, 2.45) is 5.41 Å². The zero-order valence-corrected chi connectivity index (χ0v) is 10.8. The monoisotopic (exact) mass is 243 g/mol. The molecule has 1 unspecified atom stereocenters. The molecule has 1 atom stereocenters. The number of aromatic nitrogens is 1. The molecule has 1 aromatic heterocycles. The lowest BCUT2D eigenvalue weighted by Crippen LogP contribution is -2.34. The number of ketones is 1. The quantitative estimate of drug-likeness (QED) is 0.825. The summed E-state index contributed by atoms with van der Waals surface area (Å²) in [6.07, 6.45) is 2.35. The fourth-order valence-electron chi connectivity index (χ4n) is 1.87. The van der Waals surface area contributed by atoms with E-state index in [-0.39, 0.29) is 5.78 Å². The van der Waals surface area contributed by atoms with E-state index < -0.39 is 11.5 Å². The average molecular weight is 243 g/mol. The van der Waals surface area contributed by atoms with Crippen LogP contribution in [-0.4, -0.2) is 22.0 Å². The molecule has 94 valence electrons. The third-order valence-electron chi connectivity index (χ3n) is 3.02. The van der Waals surface area contributed by atoms with Crippen LogP contribution in [0.1, 0.15) is 31.1 Å². The van der Waals surface area contributed by atoms with Crippen LogP contribution in [0.25, 0.3) is 10.8 Å². The molecule has 18 heavy (non-hydrogen) atoms. The molecule has 0 spiro atoms. The summed E-state index contributed by atoms with van der Waals surface area (Å²) in [5.74, 6) is -0.249. The number of aliphatic hydroxyl groups excluding tert-OH is 1. The summed E-state index contributed by atoms with van der Waals surface area (Å²) in [5.41, 5.74) is 0.0598. The van der Waals surface area contributed by atoms with Crippen molar-refractivity contribution in [2.75, 3.05) is 0 Å². The zero-order chi connectivity index (χ0) is 13.3. The van der Waals surface area contributed by atoms with Gasteiger partial charge in [0.2, 0.25) is 0 Å². The topological polar surface area (TPSA) is 50.2 Å². The molecular weight excluding hydrogens is 226 g/mol. The van der Waals surface area contributed by atoms with E-state index in [1.807, 2.05) is 39.0 Å². The van der Waals surface area contributed by atoms with Gasteiger partial charge in [-0.15, -0.1) is 0 Å². The Hall–Kier alpha value is -1.74. The van der Waals surface area contributed by atoms with Crippen molar-refractivity contribution in [2.45, 2.75) is 26.9 Å². The molecule has 3 heteroatoms. The van der Waals surface area contributed by atoms with E-state index in [2.05, 4.69) is 4.98 Å². The molecular formula is C15H17NO2. The first kappa shape index (κ1) is 12.7. The minimum absolute atomic E-state index is 0.249. The van der Waals surface area contributed by atoms with Gasteiger partial charge in [0.15, 0.2) is 5.78 Å². The van der Waals surface area contributed by atoms with Crippen LogP contribution >= 0.6 is 0 Å². The highest BCUT2D eigenvalue weighted by Gasteiger charge is 2.30. The molecule has 2 rings (SSSR count). The van der Waals surface area contributed by atoms with Crippen molar-refractivity contribution in [3.8, 4) is 0 Å². The maximum absolute atomic E-state index is 12.3. The highest BCUT2D eigenvalue weighted by atomic mass is 16.3. The van der Waals surface area contributed by atoms with Crippen molar-refractivity contribution in [3.63, 3.8) is 0 Å². The second-order valence-corrected chi connectivity index (χ2v) is 5.54. The molecule has 0 amide bonds. The number of hydrogen-bond donors (Lipinski definition) is 1. The minimum Gasteiger partial charge on any atom is -0.384 e. The fourth-order valence-corrected chi connectivity index (χ4v) is 1.87. The number of carbonyl (C=O) groups excluding carboxylic acids is 1. The normalized spacial score (nSPS) is 13.6. The molecule has 1 aromatic carbocycles. The van der Waals surface area contributed by atoms with Gasteiger partial charge in [-0.05, 0) is 16.9 Å². The van der Waals surface area contributed by atoms with Crippen LogP contribution in [0.5, 0.6) is 0 Å². The molecule has 0 aliphatic rings. The molecule has 3 nitrogen and oxygen atoms in total. The van der Waals surface area contributed by atoms with Gasteiger partial charge in [-0.3, -0.25) is 9.78 Å². The number of aliphatic hydroxyl groups is 1. The van der Waals surface area contributed by atoms with Crippen molar-refractivity contribution in [3.05, 3.63) is 42.2 Å². The van der Waals surface area contributed by atoms with E-state index >= 15 is 0 Å². The second kappa shape index (κ2) is 4.50. The predicted octanol–water partition coefficient (Wildman–Crippen LogP) is 2.82. The van der Waals surface area contributed by atoms with Gasteiger partial charge in [-0.25, -0.2) is 0 Å². The van der Waals surface area contributed by atoms with Gasteiger partial charge in [0, 0.05) is 23.3 Å². The van der Waals surface area contributed by atoms with E-state index in [1.165, 1.54) is 0 Å². The Balaban J connectivity index is 2.52. The largest absolute Gasteiger partial charge is 0.384 e. The molecule has 0 radical (unpaired) electrons. The highest BCUT2D eigenvalue weighted by Crippen LogP contribution is 2.25. The molecule has 0 bridgehead atoms. The van der Waals surface area contributed by atoms with Gasteiger partial charge in [-0.1, -0.05) is 39.0 Å². The van der Waals surface area contributed by atoms with Crippen molar-refractivity contribution >= 4 is 16.6 Å². The molecule has 0 aliphatic heterocycles. The van der Waals surface area contributed by atoms with Crippen LogP contribution in [0.4, 0.5) is 0 Å². The van der Waals surface area contributed by atoms with E-state index in [9.17, 15) is 9.90 Å². The number of fused-ring (bicyclic) bond motifs is 1. The first-order valence-corrected chi connectivity index (χ1v) is 5.96. The fraction of sp³-hybridized carbons (Fsp3) is 0.333. The van der Waals surface area contributed by atoms with Gasteiger partial charge in [0.25, 0.3) is 0 Å². The van der Waals surface area contributed by atoms with Gasteiger partial charge >= 0.3 is 0 Å². The van der Waals surface area contributed by atoms with Crippen LogP contribution in [0, 0.1) is 5.41 Å². The smallest absolute Gasteiger partial charge is 0.192 e. The lowest BCUT2D eigenvalue weighted by Gasteiger charge is -2.24. The maximum Gasteiger partial charge on any atom is 0.192 e. The number of nitrogens with zero attached hydrogens (tertiary/aromatic N) is 1. The van der Waals surface area contributed by atoms with Crippen molar-refractivity contribution in [1.82, 2.24) is 4.98 Å². The van der Waals surface area contributed by atoms with Crippen molar-refractivity contribution in [1.29, 1.82) is 0 Å². The Morgan fingerprint density at radius 1 is 1.28 bits per heavy atom. The van der Waals surface area contributed by atoms with Crippen LogP contribution in [0.15, 0.2) is 36.7 Å². The number of rotatable bonds is 2. The summed E-state index contributed by atoms with van der Waals surface area (Å²) in [7, 11) is 0. The van der Waals surface area contributed by atoms with Gasteiger partial charge in [-0.2, -0.15) is 0 Å². The van der Waals surface area contributed by atoms with E-state index in [1.54, 1.807) is 18.5 Å². The summed E-state index contributed by atoms with van der Waals surface area (Å²) >= 11 is 0. The summed E-state index contributed by atoms with van der Waals surface area (Å²) in [5, 5.41) is 11.8. The Morgan fingerprint density at radius 3 is 2.67 bits per heavy atom. The predicted molar refractivity (Wildman–Crippen MR) is 71.5 cm³/mol. The molecule has 1 heterocycles. The minimum atomic E-state index is -1.01. The Morgan fingerprint density at radius 2 is 2.00 bits per heavy atom. The van der Waals surface area contributed by atoms with E-state index in [0.717, 1.165) is 10.8 Å². The Bertz CT molecular complexity index is 579. The first-order chi connectivity index (χ1) is 8.41. The third kappa shape index (κ3) is 2.27. The number of Topliss-reactive ketones (excluding diaryl/α,β-unsaturated/α-hetero) is 1. The molecule has 0 fully saturated rings. The molecule has 2 aromatic rings. The Labute approximate surface area is 106 Å². The second-order valence-electron chi connectivity index (χ2n) is 5.54. The molecule has 1 N–H and O–H groups in total. The van der Waals surface area contributed by atoms with Crippen LogP contribution < -0.4 is 0 Å². The standard InChI is InChI=1S/C15H17NO2/c1-15(2,3)14(18)13(17)11-6-4-5-10-7-8-16-9-12(10)11/h4-9,14,18H,1-3H3. The van der Waals surface area contributed by atoms with Crippen molar-refractivity contribution < 1.29 is 9.90 Å². The van der Waals surface area contributed by atoms with Gasteiger partial charge in [0.05, 0.1) is 0 Å². The molecule has 0 saturated carbocycles. The number of benzene rings is 1. The van der Waals surface area contributed by atoms with Crippen LogP contribution in [0.3, 0.4) is 0 Å². The maximum atomic E-state index is 12.3. The summed E-state index contributed by atoms with van der Waals surface area (Å²) in [6, 6.07) is 7.35. The average Bonchev–Trinajstić information content (AvgIpc) is 2.35. The first-order valence-electron chi connectivity index (χ1n) is 5.96. The number of pyridine rings is 1. The summed E-state index contributed by atoms with van der Waals surface area (Å²) in [6.45, 7) is 5.54. The zero-order valence-electron chi connectivity index (χ0n) is 10.8. The molecule has 0 saturated heterocycles. The van der Waals surface area contributed by atoms with Gasteiger partial charge < -0.3 is 5.11 Å². The third-order valence-corrected chi connectivity index (χ3v) is 3.02. The molecule has 0 aliphatic carbocycles. The number of carbonyl (C=O) groups is 1. The lowest BCUT2D eigenvalue weighted by atomic mass is 9.84. The van der Waals surface area contributed by atoms with Gasteiger partial charge in [0.1, 0.15) is 6.10 Å². The number of hydrogen-bond acceptors (Lipinski definition) is 3. The SMILES string of the molecule is CC(C)(C)C(O)C(=O)c1cccc2ccncc12. The van der Waals surface area contributed by atoms with Crippen LogP contribution in [-0.2, 0) is 0 Å².